The first kappa shape index (κ1) is 34.2. The first-order valence-electron chi connectivity index (χ1n) is 19.0. The van der Waals surface area contributed by atoms with Gasteiger partial charge in [-0.15, -0.1) is 0 Å². The van der Waals surface area contributed by atoms with Crippen LogP contribution in [0, 0.1) is 22.7 Å². The summed E-state index contributed by atoms with van der Waals surface area (Å²) in [6.07, 6.45) is 0. The highest BCUT2D eigenvalue weighted by Crippen LogP contribution is 2.60. The van der Waals surface area contributed by atoms with Crippen molar-refractivity contribution in [2.24, 2.45) is 0 Å². The van der Waals surface area contributed by atoms with Gasteiger partial charge in [-0.05, 0) is 76.2 Å². The number of ether oxygens (including phenoxy) is 1. The fourth-order valence-corrected chi connectivity index (χ4v) is 9.05. The summed E-state index contributed by atoms with van der Waals surface area (Å²) in [7, 11) is 0. The van der Waals surface area contributed by atoms with Gasteiger partial charge in [0, 0.05) is 44.0 Å². The highest BCUT2D eigenvalue weighted by atomic mass is 16.5. The zero-order valence-electron chi connectivity index (χ0n) is 31.9. The Morgan fingerprint density at radius 1 is 0.439 bits per heavy atom. The van der Waals surface area contributed by atoms with Crippen LogP contribution in [-0.2, 0) is 15.9 Å². The van der Waals surface area contributed by atoms with Crippen LogP contribution in [0.4, 0.5) is 34.1 Å². The molecule has 0 fully saturated rings. The van der Waals surface area contributed by atoms with E-state index >= 15 is 0 Å². The SMILES string of the molecule is CC1(C)OC(C)(C)c2c(N(c3ccccc3)c3cccc4c3oc3ccccc34)c(C#N)c(C#N)c(N(c3ccccc3)c3cccc4c3oc3ccccc34)c21. The number of anilines is 6. The Morgan fingerprint density at radius 3 is 1.21 bits per heavy atom. The lowest BCUT2D eigenvalue weighted by Gasteiger charge is -2.35. The zero-order valence-corrected chi connectivity index (χ0v) is 31.9. The van der Waals surface area contributed by atoms with Gasteiger partial charge in [-0.25, -0.2) is 0 Å². The van der Waals surface area contributed by atoms with Crippen molar-refractivity contribution in [2.75, 3.05) is 9.80 Å². The number of rotatable bonds is 6. The summed E-state index contributed by atoms with van der Waals surface area (Å²) in [5.41, 5.74) is 7.24. The van der Waals surface area contributed by atoms with Crippen molar-refractivity contribution in [3.63, 3.8) is 0 Å². The normalized spacial score (nSPS) is 14.1. The molecule has 0 radical (unpaired) electrons. The molecule has 3 heterocycles. The van der Waals surface area contributed by atoms with Crippen molar-refractivity contribution in [1.82, 2.24) is 0 Å². The smallest absolute Gasteiger partial charge is 0.159 e. The molecule has 7 nitrogen and oxygen atoms in total. The van der Waals surface area contributed by atoms with E-state index in [0.717, 1.165) is 66.6 Å². The van der Waals surface area contributed by atoms with Gasteiger partial charge in [-0.1, -0.05) is 97.1 Å². The molecule has 2 aromatic heterocycles. The van der Waals surface area contributed by atoms with E-state index in [-0.39, 0.29) is 11.1 Å². The highest BCUT2D eigenvalue weighted by Gasteiger charge is 2.51. The lowest BCUT2D eigenvalue weighted by Crippen LogP contribution is -2.24. The lowest BCUT2D eigenvalue weighted by molar-refractivity contribution is -0.104. The average Bonchev–Trinajstić information content (AvgIpc) is 3.86. The maximum Gasteiger partial charge on any atom is 0.159 e. The van der Waals surface area contributed by atoms with Crippen LogP contribution in [0.1, 0.15) is 49.9 Å². The third-order valence-electron chi connectivity index (χ3n) is 11.1. The Morgan fingerprint density at radius 2 is 0.807 bits per heavy atom. The molecule has 0 amide bonds. The van der Waals surface area contributed by atoms with Crippen molar-refractivity contribution in [3.05, 3.63) is 168 Å². The van der Waals surface area contributed by atoms with Crippen molar-refractivity contribution in [3.8, 4) is 12.1 Å². The second kappa shape index (κ2) is 12.6. The molecule has 7 heteroatoms. The Bertz CT molecular complexity index is 2930. The topological polar surface area (TPSA) is 89.6 Å². The van der Waals surface area contributed by atoms with Gasteiger partial charge in [-0.2, -0.15) is 10.5 Å². The number of hydrogen-bond donors (Lipinski definition) is 0. The van der Waals surface area contributed by atoms with E-state index in [1.54, 1.807) is 0 Å². The Hall–Kier alpha value is -7.32. The van der Waals surface area contributed by atoms with E-state index in [1.165, 1.54) is 0 Å². The summed E-state index contributed by atoms with van der Waals surface area (Å²) in [5.74, 6) is 0. The number of hydrogen-bond acceptors (Lipinski definition) is 7. The quantitative estimate of drug-likeness (QED) is 0.168. The zero-order chi connectivity index (χ0) is 39.1. The van der Waals surface area contributed by atoms with Crippen LogP contribution in [0.3, 0.4) is 0 Å². The second-order valence-corrected chi connectivity index (χ2v) is 15.4. The maximum atomic E-state index is 11.5. The van der Waals surface area contributed by atoms with Gasteiger partial charge < -0.3 is 23.4 Å². The number of benzene rings is 7. The standard InChI is InChI=1S/C50H36N4O3/c1-49(2)43-44(50(3,4)57-49)46(54(32-19-9-6-10-20-32)40-26-16-24-36-34-22-12-14-28-42(34)56-48(36)40)38(30-52)37(29-51)45(43)53(31-17-7-5-8-18-31)39-25-15-23-35-33-21-11-13-27-41(33)55-47(35)39/h5-28H,1-4H3. The Kier molecular flexibility index (Phi) is 7.56. The molecule has 274 valence electrons. The minimum absolute atomic E-state index is 0.218. The molecule has 57 heavy (non-hydrogen) atoms. The van der Waals surface area contributed by atoms with Crippen LogP contribution in [0.5, 0.6) is 0 Å². The van der Waals surface area contributed by atoms with E-state index in [1.807, 2.05) is 149 Å². The molecule has 10 rings (SSSR count). The van der Waals surface area contributed by atoms with E-state index in [4.69, 9.17) is 13.6 Å². The molecule has 0 saturated heterocycles. The monoisotopic (exact) mass is 740 g/mol. The van der Waals surface area contributed by atoms with Crippen LogP contribution >= 0.6 is 0 Å². The molecule has 0 bridgehead atoms. The van der Waals surface area contributed by atoms with E-state index in [9.17, 15) is 10.5 Å². The Balaban J connectivity index is 1.37. The van der Waals surface area contributed by atoms with Gasteiger partial charge >= 0.3 is 0 Å². The molecule has 0 atom stereocenters. The molecule has 0 spiro atoms. The maximum absolute atomic E-state index is 11.5. The number of nitrogens with zero attached hydrogens (tertiary/aromatic N) is 4. The first-order valence-corrected chi connectivity index (χ1v) is 19.0. The van der Waals surface area contributed by atoms with Gasteiger partial charge in [0.2, 0.25) is 0 Å². The summed E-state index contributed by atoms with van der Waals surface area (Å²) in [5, 5.41) is 26.9. The van der Waals surface area contributed by atoms with Gasteiger partial charge in [0.25, 0.3) is 0 Å². The summed E-state index contributed by atoms with van der Waals surface area (Å²) in [6.45, 7) is 8.16. The molecule has 1 aliphatic heterocycles. The van der Waals surface area contributed by atoms with Crippen LogP contribution < -0.4 is 9.80 Å². The minimum atomic E-state index is -0.926. The lowest BCUT2D eigenvalue weighted by atomic mass is 9.82. The van der Waals surface area contributed by atoms with Crippen molar-refractivity contribution < 1.29 is 13.6 Å². The first-order chi connectivity index (χ1) is 27.7. The minimum Gasteiger partial charge on any atom is -0.454 e. The van der Waals surface area contributed by atoms with Crippen LogP contribution in [-0.4, -0.2) is 0 Å². The molecule has 0 saturated carbocycles. The number of furan rings is 2. The van der Waals surface area contributed by atoms with E-state index in [0.29, 0.717) is 22.5 Å². The number of para-hydroxylation sites is 6. The van der Waals surface area contributed by atoms with Gasteiger partial charge in [0.15, 0.2) is 11.2 Å². The highest BCUT2D eigenvalue weighted by molar-refractivity contribution is 6.12. The van der Waals surface area contributed by atoms with Crippen molar-refractivity contribution in [2.45, 2.75) is 38.9 Å². The average molecular weight is 741 g/mol. The fraction of sp³-hybridized carbons (Fsp3) is 0.120. The number of nitriles is 2. The van der Waals surface area contributed by atoms with Crippen molar-refractivity contribution >= 4 is 78.0 Å². The summed E-state index contributed by atoms with van der Waals surface area (Å²) in [4.78, 5) is 4.15. The molecule has 0 aliphatic carbocycles. The van der Waals surface area contributed by atoms with Crippen LogP contribution in [0.2, 0.25) is 0 Å². The third-order valence-corrected chi connectivity index (χ3v) is 11.1. The van der Waals surface area contributed by atoms with Crippen LogP contribution in [0.25, 0.3) is 43.9 Å². The fourth-order valence-electron chi connectivity index (χ4n) is 9.05. The third kappa shape index (κ3) is 5.07. The molecule has 9 aromatic rings. The molecule has 1 aliphatic rings. The summed E-state index contributed by atoms with van der Waals surface area (Å²) >= 11 is 0. The van der Waals surface area contributed by atoms with Crippen molar-refractivity contribution in [1.29, 1.82) is 10.5 Å². The molecule has 0 N–H and O–H groups in total. The van der Waals surface area contributed by atoms with E-state index in [2.05, 4.69) is 46.2 Å². The van der Waals surface area contributed by atoms with Gasteiger partial charge in [0.1, 0.15) is 23.3 Å². The van der Waals surface area contributed by atoms with Gasteiger partial charge in [0.05, 0.1) is 45.1 Å². The predicted molar refractivity (Wildman–Crippen MR) is 227 cm³/mol. The predicted octanol–water partition coefficient (Wildman–Crippen LogP) is 13.7. The van der Waals surface area contributed by atoms with Crippen LogP contribution in [0.15, 0.2) is 154 Å². The summed E-state index contributed by atoms with van der Waals surface area (Å²) < 4.78 is 20.4. The molecular weight excluding hydrogens is 705 g/mol. The molecule has 7 aromatic carbocycles. The summed E-state index contributed by atoms with van der Waals surface area (Å²) in [6, 6.07) is 53.2. The van der Waals surface area contributed by atoms with Gasteiger partial charge in [-0.3, -0.25) is 0 Å². The molecule has 0 unspecified atom stereocenters. The number of fused-ring (bicyclic) bond motifs is 7. The van der Waals surface area contributed by atoms with E-state index < -0.39 is 11.2 Å². The molecular formula is C50H36N4O3. The second-order valence-electron chi connectivity index (χ2n) is 15.4. The Labute approximate surface area is 329 Å². The largest absolute Gasteiger partial charge is 0.454 e.